The van der Waals surface area contributed by atoms with Gasteiger partial charge in [-0.3, -0.25) is 24.7 Å². The zero-order chi connectivity index (χ0) is 21.3. The lowest BCUT2D eigenvalue weighted by molar-refractivity contribution is -0.137. The van der Waals surface area contributed by atoms with Gasteiger partial charge >= 0.3 is 6.03 Å². The number of urea groups is 1. The number of hydrogen-bond donors (Lipinski definition) is 2. The number of rotatable bonds is 3. The van der Waals surface area contributed by atoms with Crippen molar-refractivity contribution in [3.63, 3.8) is 0 Å². The van der Waals surface area contributed by atoms with Crippen molar-refractivity contribution in [1.29, 1.82) is 0 Å². The number of hydrogen-bond acceptors (Lipinski definition) is 6. The third-order valence-electron chi connectivity index (χ3n) is 5.77. The number of likely N-dealkylation sites (tertiary alicyclic amines) is 1. The van der Waals surface area contributed by atoms with Crippen LogP contribution < -0.4 is 10.6 Å². The number of nitrogens with one attached hydrogen (secondary N) is 2. The van der Waals surface area contributed by atoms with E-state index in [-0.39, 0.29) is 24.2 Å². The molecule has 10 heteroatoms. The van der Waals surface area contributed by atoms with Gasteiger partial charge in [-0.05, 0) is 31.9 Å². The number of piperidine rings is 1. The first kappa shape index (κ1) is 20.6. The van der Waals surface area contributed by atoms with Crippen molar-refractivity contribution in [3.05, 3.63) is 29.1 Å². The molecule has 4 heterocycles. The van der Waals surface area contributed by atoms with Gasteiger partial charge in [-0.2, -0.15) is 0 Å². The van der Waals surface area contributed by atoms with Crippen LogP contribution in [0.25, 0.3) is 0 Å². The molecule has 0 saturated carbocycles. The summed E-state index contributed by atoms with van der Waals surface area (Å²) in [5.74, 6) is 1.10. The van der Waals surface area contributed by atoms with Gasteiger partial charge in [-0.25, -0.2) is 4.79 Å². The van der Waals surface area contributed by atoms with E-state index in [1.54, 1.807) is 16.7 Å². The molecule has 30 heavy (non-hydrogen) atoms. The normalized spacial score (nSPS) is 22.6. The molecule has 1 atom stereocenters. The molecule has 4 rings (SSSR count). The number of aromatic nitrogens is 1. The number of amides is 5. The van der Waals surface area contributed by atoms with E-state index in [2.05, 4.69) is 10.6 Å². The Morgan fingerprint density at radius 1 is 1.13 bits per heavy atom. The minimum atomic E-state index is -0.815. The highest BCUT2D eigenvalue weighted by atomic mass is 32.2. The molecule has 0 bridgehead atoms. The summed E-state index contributed by atoms with van der Waals surface area (Å²) >= 11 is 1.75. The SMILES string of the molecule is Cc1ccc(C(=O)N2CCSC2)c(C2CCN(C(=O)C3CC(=O)NC(=O)N3)CC2)n1. The summed E-state index contributed by atoms with van der Waals surface area (Å²) in [6.07, 6.45) is 1.32. The number of aryl methyl sites for hydroxylation is 1. The lowest BCUT2D eigenvalue weighted by Crippen LogP contribution is -2.58. The van der Waals surface area contributed by atoms with E-state index in [1.165, 1.54) is 0 Å². The number of imide groups is 1. The Balaban J connectivity index is 1.44. The fourth-order valence-corrected chi connectivity index (χ4v) is 5.11. The molecular weight excluding hydrogens is 406 g/mol. The number of thioether (sulfide) groups is 1. The molecule has 0 aromatic carbocycles. The molecule has 1 unspecified atom stereocenters. The van der Waals surface area contributed by atoms with E-state index in [9.17, 15) is 19.2 Å². The summed E-state index contributed by atoms with van der Waals surface area (Å²) in [6.45, 7) is 3.67. The fraction of sp³-hybridized carbons (Fsp3) is 0.550. The molecule has 3 fully saturated rings. The quantitative estimate of drug-likeness (QED) is 0.734. The second kappa shape index (κ2) is 8.63. The zero-order valence-electron chi connectivity index (χ0n) is 16.8. The highest BCUT2D eigenvalue weighted by Gasteiger charge is 2.35. The molecule has 5 amide bonds. The van der Waals surface area contributed by atoms with Gasteiger partial charge < -0.3 is 15.1 Å². The van der Waals surface area contributed by atoms with E-state index >= 15 is 0 Å². The van der Waals surface area contributed by atoms with Crippen molar-refractivity contribution in [2.45, 2.75) is 38.1 Å². The summed E-state index contributed by atoms with van der Waals surface area (Å²) in [5.41, 5.74) is 2.34. The van der Waals surface area contributed by atoms with Crippen molar-refractivity contribution in [2.75, 3.05) is 31.3 Å². The Bertz CT molecular complexity index is 862. The van der Waals surface area contributed by atoms with Crippen LogP contribution >= 0.6 is 11.8 Å². The first-order valence-corrected chi connectivity index (χ1v) is 11.3. The van der Waals surface area contributed by atoms with Crippen molar-refractivity contribution in [3.8, 4) is 0 Å². The maximum Gasteiger partial charge on any atom is 0.322 e. The predicted molar refractivity (Wildman–Crippen MR) is 111 cm³/mol. The third-order valence-corrected chi connectivity index (χ3v) is 6.74. The topological polar surface area (TPSA) is 112 Å². The zero-order valence-corrected chi connectivity index (χ0v) is 17.7. The molecule has 0 aliphatic carbocycles. The van der Waals surface area contributed by atoms with Gasteiger partial charge in [0.05, 0.1) is 23.6 Å². The second-order valence-electron chi connectivity index (χ2n) is 7.87. The molecule has 160 valence electrons. The van der Waals surface area contributed by atoms with Gasteiger partial charge in [0.1, 0.15) is 6.04 Å². The van der Waals surface area contributed by atoms with Gasteiger partial charge in [0.15, 0.2) is 0 Å². The first-order chi connectivity index (χ1) is 14.4. The van der Waals surface area contributed by atoms with Crippen molar-refractivity contribution < 1.29 is 19.2 Å². The van der Waals surface area contributed by atoms with Crippen LogP contribution in [0.15, 0.2) is 12.1 Å². The number of carbonyl (C=O) groups excluding carboxylic acids is 4. The Morgan fingerprint density at radius 3 is 2.57 bits per heavy atom. The largest absolute Gasteiger partial charge is 0.341 e. The lowest BCUT2D eigenvalue weighted by Gasteiger charge is -2.35. The van der Waals surface area contributed by atoms with Crippen molar-refractivity contribution in [1.82, 2.24) is 25.4 Å². The van der Waals surface area contributed by atoms with Crippen molar-refractivity contribution >= 4 is 35.5 Å². The molecular formula is C20H25N5O4S. The number of pyridine rings is 1. The highest BCUT2D eigenvalue weighted by molar-refractivity contribution is 7.99. The first-order valence-electron chi connectivity index (χ1n) is 10.2. The van der Waals surface area contributed by atoms with Crippen LogP contribution in [-0.2, 0) is 9.59 Å². The fourth-order valence-electron chi connectivity index (χ4n) is 4.16. The smallest absolute Gasteiger partial charge is 0.322 e. The number of carbonyl (C=O) groups is 4. The molecule has 0 spiro atoms. The average molecular weight is 432 g/mol. The molecule has 3 aliphatic heterocycles. The summed E-state index contributed by atoms with van der Waals surface area (Å²) in [7, 11) is 0. The van der Waals surface area contributed by atoms with E-state index in [0.29, 0.717) is 37.4 Å². The lowest BCUT2D eigenvalue weighted by atomic mass is 9.89. The van der Waals surface area contributed by atoms with Crippen LogP contribution in [0.3, 0.4) is 0 Å². The molecule has 2 N–H and O–H groups in total. The van der Waals surface area contributed by atoms with E-state index < -0.39 is 18.0 Å². The molecule has 3 aliphatic rings. The van der Waals surface area contributed by atoms with Gasteiger partial charge in [0.25, 0.3) is 5.91 Å². The minimum Gasteiger partial charge on any atom is -0.341 e. The molecule has 9 nitrogen and oxygen atoms in total. The maximum atomic E-state index is 13.0. The Hall–Kier alpha value is -2.62. The van der Waals surface area contributed by atoms with E-state index in [4.69, 9.17) is 4.98 Å². The van der Waals surface area contributed by atoms with Gasteiger partial charge in [-0.15, -0.1) is 11.8 Å². The minimum absolute atomic E-state index is 0.0249. The standard InChI is InChI=1S/C20H25N5O4S/c1-12-2-3-14(18(27)25-8-9-30-11-25)17(21-12)13-4-6-24(7-5-13)19(28)15-10-16(26)23-20(29)22-15/h2-3,13,15H,4-11H2,1H3,(H2,22,23,26,29). The van der Waals surface area contributed by atoms with Gasteiger partial charge in [0.2, 0.25) is 11.8 Å². The highest BCUT2D eigenvalue weighted by Crippen LogP contribution is 2.31. The monoisotopic (exact) mass is 431 g/mol. The second-order valence-corrected chi connectivity index (χ2v) is 8.94. The Morgan fingerprint density at radius 2 is 1.90 bits per heavy atom. The van der Waals surface area contributed by atoms with Crippen LogP contribution in [0, 0.1) is 6.92 Å². The molecule has 3 saturated heterocycles. The summed E-state index contributed by atoms with van der Waals surface area (Å²) < 4.78 is 0. The van der Waals surface area contributed by atoms with Crippen LogP contribution in [0.5, 0.6) is 0 Å². The van der Waals surface area contributed by atoms with Gasteiger partial charge in [0, 0.05) is 37.0 Å². The third kappa shape index (κ3) is 4.28. The van der Waals surface area contributed by atoms with Crippen molar-refractivity contribution in [2.24, 2.45) is 0 Å². The van der Waals surface area contributed by atoms with Crippen LogP contribution in [0.4, 0.5) is 4.79 Å². The van der Waals surface area contributed by atoms with Crippen LogP contribution in [0.2, 0.25) is 0 Å². The molecule has 0 radical (unpaired) electrons. The average Bonchev–Trinajstić information content (AvgIpc) is 3.27. The molecule has 1 aromatic rings. The summed E-state index contributed by atoms with van der Waals surface area (Å²) in [5, 5.41) is 4.66. The van der Waals surface area contributed by atoms with E-state index in [1.807, 2.05) is 24.0 Å². The summed E-state index contributed by atoms with van der Waals surface area (Å²) in [4.78, 5) is 57.0. The number of nitrogens with zero attached hydrogens (tertiary/aromatic N) is 3. The van der Waals surface area contributed by atoms with Crippen LogP contribution in [-0.4, -0.2) is 75.8 Å². The maximum absolute atomic E-state index is 13.0. The Labute approximate surface area is 178 Å². The predicted octanol–water partition coefficient (Wildman–Crippen LogP) is 0.841. The molecule has 1 aromatic heterocycles. The van der Waals surface area contributed by atoms with Gasteiger partial charge in [-0.1, -0.05) is 0 Å². The van der Waals surface area contributed by atoms with Crippen LogP contribution in [0.1, 0.15) is 46.9 Å². The van der Waals surface area contributed by atoms with E-state index in [0.717, 1.165) is 23.7 Å². The summed E-state index contributed by atoms with van der Waals surface area (Å²) in [6, 6.07) is 2.29. The Kier molecular flexibility index (Phi) is 5.94.